The van der Waals surface area contributed by atoms with Crippen molar-refractivity contribution in [3.63, 3.8) is 0 Å². The van der Waals surface area contributed by atoms with Crippen molar-refractivity contribution in [2.75, 3.05) is 20.2 Å². The zero-order chi connectivity index (χ0) is 18.5. The second-order valence-corrected chi connectivity index (χ2v) is 7.07. The molecule has 0 spiro atoms. The fourth-order valence-corrected chi connectivity index (χ4v) is 3.76. The van der Waals surface area contributed by atoms with Crippen LogP contribution < -0.4 is 4.74 Å². The molecule has 1 fully saturated rings. The Morgan fingerprint density at radius 3 is 2.70 bits per heavy atom. The van der Waals surface area contributed by atoms with E-state index in [-0.39, 0.29) is 0 Å². The van der Waals surface area contributed by atoms with E-state index in [4.69, 9.17) is 9.72 Å². The van der Waals surface area contributed by atoms with Gasteiger partial charge in [-0.3, -0.25) is 14.9 Å². The standard InChI is InChI=1S/C23H25N3O/c1-27-21-12-10-18(11-13-21)22-8-4-9-23(25-22)19-6-5-15-26(16-19)17-20-7-2-3-14-24-20/h2-4,7-14,19H,5-6,15-17H2,1H3. The number of ether oxygens (including phenoxy) is 1. The highest BCUT2D eigenvalue weighted by molar-refractivity contribution is 5.60. The molecule has 1 aliphatic rings. The van der Waals surface area contributed by atoms with Crippen LogP contribution in [0.25, 0.3) is 11.3 Å². The first-order valence-electron chi connectivity index (χ1n) is 9.55. The van der Waals surface area contributed by atoms with Crippen molar-refractivity contribution in [2.24, 2.45) is 0 Å². The van der Waals surface area contributed by atoms with Crippen molar-refractivity contribution in [1.29, 1.82) is 0 Å². The number of likely N-dealkylation sites (tertiary alicyclic amines) is 1. The molecule has 1 unspecified atom stereocenters. The molecule has 1 saturated heterocycles. The van der Waals surface area contributed by atoms with Crippen molar-refractivity contribution in [3.8, 4) is 17.0 Å². The number of hydrogen-bond donors (Lipinski definition) is 0. The Morgan fingerprint density at radius 1 is 1.04 bits per heavy atom. The Labute approximate surface area is 160 Å². The van der Waals surface area contributed by atoms with Crippen molar-refractivity contribution in [3.05, 3.63) is 78.2 Å². The van der Waals surface area contributed by atoms with Crippen LogP contribution in [-0.2, 0) is 6.54 Å². The van der Waals surface area contributed by atoms with Crippen LogP contribution >= 0.6 is 0 Å². The van der Waals surface area contributed by atoms with E-state index in [9.17, 15) is 0 Å². The van der Waals surface area contributed by atoms with Crippen LogP contribution in [0.2, 0.25) is 0 Å². The van der Waals surface area contributed by atoms with Crippen LogP contribution in [-0.4, -0.2) is 35.1 Å². The summed E-state index contributed by atoms with van der Waals surface area (Å²) < 4.78 is 5.25. The lowest BCUT2D eigenvalue weighted by molar-refractivity contribution is 0.196. The zero-order valence-corrected chi connectivity index (χ0v) is 15.7. The fourth-order valence-electron chi connectivity index (χ4n) is 3.76. The third-order valence-corrected chi connectivity index (χ3v) is 5.19. The van der Waals surface area contributed by atoms with Crippen LogP contribution in [0.3, 0.4) is 0 Å². The number of nitrogens with zero attached hydrogens (tertiary/aromatic N) is 3. The monoisotopic (exact) mass is 359 g/mol. The maximum Gasteiger partial charge on any atom is 0.118 e. The van der Waals surface area contributed by atoms with Gasteiger partial charge in [-0.15, -0.1) is 0 Å². The van der Waals surface area contributed by atoms with E-state index in [1.807, 2.05) is 24.4 Å². The molecule has 0 N–H and O–H groups in total. The second-order valence-electron chi connectivity index (χ2n) is 7.07. The van der Waals surface area contributed by atoms with Gasteiger partial charge in [0, 0.05) is 36.5 Å². The summed E-state index contributed by atoms with van der Waals surface area (Å²) in [6, 6.07) is 20.6. The van der Waals surface area contributed by atoms with Gasteiger partial charge in [-0.1, -0.05) is 12.1 Å². The average Bonchev–Trinajstić information content (AvgIpc) is 2.75. The van der Waals surface area contributed by atoms with E-state index in [1.54, 1.807) is 7.11 Å². The number of benzene rings is 1. The smallest absolute Gasteiger partial charge is 0.118 e. The van der Waals surface area contributed by atoms with Crippen LogP contribution in [0.5, 0.6) is 5.75 Å². The van der Waals surface area contributed by atoms with Crippen molar-refractivity contribution in [1.82, 2.24) is 14.9 Å². The van der Waals surface area contributed by atoms with E-state index in [2.05, 4.69) is 52.3 Å². The van der Waals surface area contributed by atoms with Gasteiger partial charge in [0.05, 0.1) is 18.5 Å². The van der Waals surface area contributed by atoms with Crippen LogP contribution in [0.4, 0.5) is 0 Å². The number of piperidine rings is 1. The molecule has 3 aromatic rings. The third kappa shape index (κ3) is 4.34. The SMILES string of the molecule is COc1ccc(-c2cccc(C3CCCN(Cc4ccccn4)C3)n2)cc1. The molecule has 27 heavy (non-hydrogen) atoms. The number of pyridine rings is 2. The number of rotatable bonds is 5. The minimum absolute atomic E-state index is 0.473. The van der Waals surface area contributed by atoms with E-state index >= 15 is 0 Å². The van der Waals surface area contributed by atoms with Gasteiger partial charge >= 0.3 is 0 Å². The average molecular weight is 359 g/mol. The lowest BCUT2D eigenvalue weighted by Gasteiger charge is -2.32. The largest absolute Gasteiger partial charge is 0.497 e. The first-order chi connectivity index (χ1) is 13.3. The summed E-state index contributed by atoms with van der Waals surface area (Å²) in [5, 5.41) is 0. The van der Waals surface area contributed by atoms with E-state index in [1.165, 1.54) is 18.5 Å². The highest BCUT2D eigenvalue weighted by atomic mass is 16.5. The summed E-state index contributed by atoms with van der Waals surface area (Å²) in [6.45, 7) is 3.08. The predicted octanol–water partition coefficient (Wildman–Crippen LogP) is 4.53. The molecule has 2 aromatic heterocycles. The maximum absolute atomic E-state index is 5.25. The van der Waals surface area contributed by atoms with Crippen LogP contribution in [0.1, 0.15) is 30.1 Å². The lowest BCUT2D eigenvalue weighted by Crippen LogP contribution is -2.34. The van der Waals surface area contributed by atoms with Gasteiger partial charge < -0.3 is 4.74 Å². The number of hydrogen-bond acceptors (Lipinski definition) is 4. The zero-order valence-electron chi connectivity index (χ0n) is 15.7. The minimum Gasteiger partial charge on any atom is -0.497 e. The lowest BCUT2D eigenvalue weighted by atomic mass is 9.93. The summed E-state index contributed by atoms with van der Waals surface area (Å²) in [6.07, 6.45) is 4.26. The molecule has 0 aliphatic carbocycles. The topological polar surface area (TPSA) is 38.2 Å². The van der Waals surface area contributed by atoms with Crippen molar-refractivity contribution in [2.45, 2.75) is 25.3 Å². The number of methoxy groups -OCH3 is 1. The van der Waals surface area contributed by atoms with Gasteiger partial charge in [0.2, 0.25) is 0 Å². The Balaban J connectivity index is 1.49. The minimum atomic E-state index is 0.473. The Kier molecular flexibility index (Phi) is 5.45. The molecular weight excluding hydrogens is 334 g/mol. The molecule has 1 atom stereocenters. The quantitative estimate of drug-likeness (QED) is 0.671. The van der Waals surface area contributed by atoms with E-state index < -0.39 is 0 Å². The van der Waals surface area contributed by atoms with Gasteiger partial charge in [0.15, 0.2) is 0 Å². The van der Waals surface area contributed by atoms with Crippen molar-refractivity contribution >= 4 is 0 Å². The summed E-state index contributed by atoms with van der Waals surface area (Å²) in [5.74, 6) is 1.34. The molecule has 0 saturated carbocycles. The molecule has 0 radical (unpaired) electrons. The molecule has 0 amide bonds. The van der Waals surface area contributed by atoms with Gasteiger partial charge in [0.25, 0.3) is 0 Å². The normalized spacial score (nSPS) is 17.6. The Hall–Kier alpha value is -2.72. The Morgan fingerprint density at radius 2 is 1.93 bits per heavy atom. The first kappa shape index (κ1) is 17.7. The number of aromatic nitrogens is 2. The second kappa shape index (κ2) is 8.31. The molecule has 1 aromatic carbocycles. The van der Waals surface area contributed by atoms with Gasteiger partial charge in [-0.25, -0.2) is 0 Å². The van der Waals surface area contributed by atoms with Crippen molar-refractivity contribution < 1.29 is 4.74 Å². The van der Waals surface area contributed by atoms with Gasteiger partial charge in [-0.05, 0) is 67.9 Å². The highest BCUT2D eigenvalue weighted by Gasteiger charge is 2.23. The summed E-state index contributed by atoms with van der Waals surface area (Å²) >= 11 is 0. The first-order valence-corrected chi connectivity index (χ1v) is 9.55. The predicted molar refractivity (Wildman–Crippen MR) is 108 cm³/mol. The highest BCUT2D eigenvalue weighted by Crippen LogP contribution is 2.28. The molecule has 3 heterocycles. The van der Waals surface area contributed by atoms with Crippen LogP contribution in [0, 0.1) is 0 Å². The molecular formula is C23H25N3O. The molecule has 4 rings (SSSR count). The Bertz CT molecular complexity index is 864. The summed E-state index contributed by atoms with van der Waals surface area (Å²) in [4.78, 5) is 11.9. The fraction of sp³-hybridized carbons (Fsp3) is 0.304. The van der Waals surface area contributed by atoms with Crippen LogP contribution in [0.15, 0.2) is 66.9 Å². The van der Waals surface area contributed by atoms with Gasteiger partial charge in [0.1, 0.15) is 5.75 Å². The van der Waals surface area contributed by atoms with Gasteiger partial charge in [-0.2, -0.15) is 0 Å². The summed E-state index contributed by atoms with van der Waals surface area (Å²) in [7, 11) is 1.69. The molecule has 1 aliphatic heterocycles. The van der Waals surface area contributed by atoms with E-state index in [0.717, 1.165) is 42.3 Å². The molecule has 4 nitrogen and oxygen atoms in total. The molecule has 4 heteroatoms. The molecule has 138 valence electrons. The maximum atomic E-state index is 5.25. The molecule has 0 bridgehead atoms. The summed E-state index contributed by atoms with van der Waals surface area (Å²) in [5.41, 5.74) is 4.47. The van der Waals surface area contributed by atoms with E-state index in [0.29, 0.717) is 5.92 Å². The third-order valence-electron chi connectivity index (χ3n) is 5.19.